The number of phenolic OH excluding ortho intramolecular Hbond substituents is 1. The largest absolute Gasteiger partial charge is 0.504 e. The Balaban J connectivity index is 2.35. The Kier molecular flexibility index (Phi) is 3.90. The number of halogens is 1. The van der Waals surface area contributed by atoms with Gasteiger partial charge in [-0.15, -0.1) is 0 Å². The Morgan fingerprint density at radius 3 is 2.50 bits per heavy atom. The number of hydrogen-bond acceptors (Lipinski definition) is 2. The highest BCUT2D eigenvalue weighted by Gasteiger charge is 2.07. The molecule has 0 amide bonds. The van der Waals surface area contributed by atoms with Gasteiger partial charge in [0.1, 0.15) is 0 Å². The van der Waals surface area contributed by atoms with E-state index in [0.717, 1.165) is 5.56 Å². The normalized spacial score (nSPS) is 10.8. The molecule has 0 spiro atoms. The number of phenols is 1. The van der Waals surface area contributed by atoms with E-state index in [-0.39, 0.29) is 5.75 Å². The molecule has 0 atom stereocenters. The second-order valence-electron chi connectivity index (χ2n) is 3.79. The number of ether oxygens (including phenoxy) is 1. The molecule has 2 aromatic carbocycles. The maximum atomic E-state index is 9.96. The maximum absolute atomic E-state index is 9.96. The van der Waals surface area contributed by atoms with Crippen LogP contribution >= 0.6 is 11.6 Å². The fourth-order valence-corrected chi connectivity index (χ4v) is 1.84. The van der Waals surface area contributed by atoms with E-state index in [1.807, 2.05) is 36.4 Å². The fourth-order valence-electron chi connectivity index (χ4n) is 1.63. The van der Waals surface area contributed by atoms with Crippen molar-refractivity contribution in [3.63, 3.8) is 0 Å². The van der Waals surface area contributed by atoms with Crippen LogP contribution in [0.15, 0.2) is 42.5 Å². The SMILES string of the molecule is COc1cc(Cl)cc(/C=C/c2ccccc2)c1O. The first-order valence-corrected chi connectivity index (χ1v) is 5.88. The first kappa shape index (κ1) is 12.5. The molecular weight excluding hydrogens is 248 g/mol. The topological polar surface area (TPSA) is 29.5 Å². The van der Waals surface area contributed by atoms with Crippen LogP contribution in [0, 0.1) is 0 Å². The average molecular weight is 261 g/mol. The Morgan fingerprint density at radius 2 is 1.83 bits per heavy atom. The Hall–Kier alpha value is -1.93. The second-order valence-corrected chi connectivity index (χ2v) is 4.23. The van der Waals surface area contributed by atoms with Crippen molar-refractivity contribution in [3.05, 3.63) is 58.6 Å². The van der Waals surface area contributed by atoms with Crippen LogP contribution in [0.25, 0.3) is 12.2 Å². The molecule has 0 fully saturated rings. The molecule has 2 aromatic rings. The minimum Gasteiger partial charge on any atom is -0.504 e. The highest BCUT2D eigenvalue weighted by molar-refractivity contribution is 6.31. The first-order chi connectivity index (χ1) is 8.70. The number of rotatable bonds is 3. The monoisotopic (exact) mass is 260 g/mol. The number of hydrogen-bond donors (Lipinski definition) is 1. The van der Waals surface area contributed by atoms with E-state index in [1.54, 1.807) is 18.2 Å². The summed E-state index contributed by atoms with van der Waals surface area (Å²) in [5.74, 6) is 0.462. The zero-order valence-corrected chi connectivity index (χ0v) is 10.7. The number of aromatic hydroxyl groups is 1. The molecular formula is C15H13ClO2. The third-order valence-electron chi connectivity index (χ3n) is 2.54. The van der Waals surface area contributed by atoms with Gasteiger partial charge in [0.15, 0.2) is 11.5 Å². The summed E-state index contributed by atoms with van der Waals surface area (Å²) in [5, 5.41) is 10.5. The van der Waals surface area contributed by atoms with Gasteiger partial charge in [-0.25, -0.2) is 0 Å². The summed E-state index contributed by atoms with van der Waals surface area (Å²) in [6.45, 7) is 0. The van der Waals surface area contributed by atoms with Gasteiger partial charge in [0.2, 0.25) is 0 Å². The van der Waals surface area contributed by atoms with Gasteiger partial charge in [-0.05, 0) is 11.6 Å². The fraction of sp³-hybridized carbons (Fsp3) is 0.0667. The van der Waals surface area contributed by atoms with E-state index in [1.165, 1.54) is 7.11 Å². The van der Waals surface area contributed by atoms with E-state index >= 15 is 0 Å². The Labute approximate surface area is 111 Å². The summed E-state index contributed by atoms with van der Waals surface area (Å²) in [6, 6.07) is 13.1. The standard InChI is InChI=1S/C15H13ClO2/c1-18-14-10-13(16)9-12(15(14)17)8-7-11-5-3-2-4-6-11/h2-10,17H,1H3/b8-7+. The van der Waals surface area contributed by atoms with E-state index in [9.17, 15) is 5.11 Å². The van der Waals surface area contributed by atoms with E-state index in [0.29, 0.717) is 16.3 Å². The van der Waals surface area contributed by atoms with E-state index < -0.39 is 0 Å². The van der Waals surface area contributed by atoms with Gasteiger partial charge < -0.3 is 9.84 Å². The average Bonchev–Trinajstić information content (AvgIpc) is 2.40. The summed E-state index contributed by atoms with van der Waals surface area (Å²) >= 11 is 5.96. The van der Waals surface area contributed by atoms with Gasteiger partial charge in [-0.2, -0.15) is 0 Å². The van der Waals surface area contributed by atoms with Crippen molar-refractivity contribution in [3.8, 4) is 11.5 Å². The summed E-state index contributed by atoms with van der Waals surface area (Å²) in [7, 11) is 1.50. The summed E-state index contributed by atoms with van der Waals surface area (Å²) < 4.78 is 5.05. The zero-order chi connectivity index (χ0) is 13.0. The minimum absolute atomic E-state index is 0.0917. The van der Waals surface area contributed by atoms with Crippen molar-refractivity contribution in [2.45, 2.75) is 0 Å². The van der Waals surface area contributed by atoms with Crippen LogP contribution in [0.4, 0.5) is 0 Å². The van der Waals surface area contributed by atoms with Crippen LogP contribution in [-0.2, 0) is 0 Å². The van der Waals surface area contributed by atoms with Gasteiger partial charge in [-0.1, -0.05) is 54.1 Å². The second kappa shape index (κ2) is 5.61. The molecule has 0 bridgehead atoms. The molecule has 0 unspecified atom stereocenters. The van der Waals surface area contributed by atoms with Crippen molar-refractivity contribution in [1.29, 1.82) is 0 Å². The highest BCUT2D eigenvalue weighted by atomic mass is 35.5. The quantitative estimate of drug-likeness (QED) is 0.837. The lowest BCUT2D eigenvalue weighted by Gasteiger charge is -2.06. The third-order valence-corrected chi connectivity index (χ3v) is 2.76. The molecule has 18 heavy (non-hydrogen) atoms. The number of methoxy groups -OCH3 is 1. The van der Waals surface area contributed by atoms with Crippen molar-refractivity contribution >= 4 is 23.8 Å². The lowest BCUT2D eigenvalue weighted by atomic mass is 10.1. The van der Waals surface area contributed by atoms with Crippen LogP contribution in [0.3, 0.4) is 0 Å². The predicted octanol–water partition coefficient (Wildman–Crippen LogP) is 4.22. The van der Waals surface area contributed by atoms with Gasteiger partial charge in [0, 0.05) is 16.7 Å². The van der Waals surface area contributed by atoms with Gasteiger partial charge in [0.25, 0.3) is 0 Å². The lowest BCUT2D eigenvalue weighted by Crippen LogP contribution is -1.86. The molecule has 1 N–H and O–H groups in total. The molecule has 0 heterocycles. The van der Waals surface area contributed by atoms with Crippen LogP contribution in [0.2, 0.25) is 5.02 Å². The van der Waals surface area contributed by atoms with Crippen molar-refractivity contribution in [2.24, 2.45) is 0 Å². The highest BCUT2D eigenvalue weighted by Crippen LogP contribution is 2.34. The van der Waals surface area contributed by atoms with E-state index in [2.05, 4.69) is 0 Å². The third kappa shape index (κ3) is 2.84. The Bertz CT molecular complexity index is 562. The summed E-state index contributed by atoms with van der Waals surface area (Å²) in [5.41, 5.74) is 1.68. The smallest absolute Gasteiger partial charge is 0.165 e. The van der Waals surface area contributed by atoms with Crippen LogP contribution < -0.4 is 4.74 Å². The molecule has 0 aliphatic rings. The van der Waals surface area contributed by atoms with Crippen molar-refractivity contribution in [1.82, 2.24) is 0 Å². The van der Waals surface area contributed by atoms with Crippen LogP contribution in [-0.4, -0.2) is 12.2 Å². The summed E-state index contributed by atoms with van der Waals surface area (Å²) in [4.78, 5) is 0. The minimum atomic E-state index is 0.0917. The molecule has 0 aromatic heterocycles. The van der Waals surface area contributed by atoms with Crippen LogP contribution in [0.1, 0.15) is 11.1 Å². The predicted molar refractivity (Wildman–Crippen MR) is 75.0 cm³/mol. The zero-order valence-electron chi connectivity index (χ0n) is 9.93. The molecule has 0 aliphatic carbocycles. The van der Waals surface area contributed by atoms with E-state index in [4.69, 9.17) is 16.3 Å². The maximum Gasteiger partial charge on any atom is 0.165 e. The van der Waals surface area contributed by atoms with Crippen molar-refractivity contribution < 1.29 is 9.84 Å². The molecule has 0 aliphatic heterocycles. The molecule has 92 valence electrons. The lowest BCUT2D eigenvalue weighted by molar-refractivity contribution is 0.373. The van der Waals surface area contributed by atoms with Gasteiger partial charge in [0.05, 0.1) is 7.11 Å². The first-order valence-electron chi connectivity index (χ1n) is 5.50. The molecule has 0 saturated heterocycles. The molecule has 2 rings (SSSR count). The number of benzene rings is 2. The Morgan fingerprint density at radius 1 is 1.11 bits per heavy atom. The van der Waals surface area contributed by atoms with Gasteiger partial charge >= 0.3 is 0 Å². The molecule has 0 saturated carbocycles. The van der Waals surface area contributed by atoms with Crippen LogP contribution in [0.5, 0.6) is 11.5 Å². The summed E-state index contributed by atoms with van der Waals surface area (Å²) in [6.07, 6.45) is 3.71. The van der Waals surface area contributed by atoms with Gasteiger partial charge in [-0.3, -0.25) is 0 Å². The molecule has 2 nitrogen and oxygen atoms in total. The van der Waals surface area contributed by atoms with Crippen molar-refractivity contribution in [2.75, 3.05) is 7.11 Å². The molecule has 0 radical (unpaired) electrons. The molecule has 3 heteroatoms.